The second-order valence-electron chi connectivity index (χ2n) is 6.29. The average molecular weight is 311 g/mol. The Bertz CT molecular complexity index is 639. The molecule has 0 N–H and O–H groups in total. The van der Waals surface area contributed by atoms with E-state index in [1.54, 1.807) is 7.11 Å². The number of pyridine rings is 1. The molecule has 2 heterocycles. The number of anilines is 1. The van der Waals surface area contributed by atoms with Crippen LogP contribution in [0, 0.1) is 0 Å². The Balaban J connectivity index is 1.76. The third-order valence-electron chi connectivity index (χ3n) is 4.51. The molecular formula is C19H25N3O. The third-order valence-corrected chi connectivity index (χ3v) is 4.51. The van der Waals surface area contributed by atoms with Crippen LogP contribution in [0.3, 0.4) is 0 Å². The smallest absolute Gasteiger partial charge is 0.127 e. The van der Waals surface area contributed by atoms with E-state index in [1.807, 2.05) is 31.3 Å². The summed E-state index contributed by atoms with van der Waals surface area (Å²) in [7, 11) is 5.78. The van der Waals surface area contributed by atoms with Gasteiger partial charge in [-0.3, -0.25) is 4.90 Å². The molecule has 0 amide bonds. The van der Waals surface area contributed by atoms with Gasteiger partial charge in [-0.25, -0.2) is 4.98 Å². The van der Waals surface area contributed by atoms with Gasteiger partial charge in [-0.05, 0) is 37.1 Å². The van der Waals surface area contributed by atoms with Crippen molar-refractivity contribution >= 4 is 5.82 Å². The summed E-state index contributed by atoms with van der Waals surface area (Å²) in [6, 6.07) is 13.1. The molecule has 0 radical (unpaired) electrons. The van der Waals surface area contributed by atoms with Crippen LogP contribution in [0.5, 0.6) is 5.75 Å². The van der Waals surface area contributed by atoms with Gasteiger partial charge in [0.15, 0.2) is 0 Å². The van der Waals surface area contributed by atoms with Gasteiger partial charge in [0.1, 0.15) is 11.6 Å². The van der Waals surface area contributed by atoms with Gasteiger partial charge in [0.2, 0.25) is 0 Å². The number of rotatable bonds is 5. The second kappa shape index (κ2) is 7.01. The van der Waals surface area contributed by atoms with E-state index in [0.29, 0.717) is 6.04 Å². The number of para-hydroxylation sites is 1. The maximum atomic E-state index is 5.55. The lowest BCUT2D eigenvalue weighted by molar-refractivity contribution is 0.243. The number of hydrogen-bond donors (Lipinski definition) is 0. The normalized spacial score (nSPS) is 18.1. The van der Waals surface area contributed by atoms with Crippen molar-refractivity contribution in [2.45, 2.75) is 25.4 Å². The zero-order valence-electron chi connectivity index (χ0n) is 14.2. The third kappa shape index (κ3) is 3.48. The maximum Gasteiger partial charge on any atom is 0.127 e. The molecule has 2 aromatic rings. The number of nitrogens with zero attached hydrogens (tertiary/aromatic N) is 3. The van der Waals surface area contributed by atoms with Crippen molar-refractivity contribution in [3.63, 3.8) is 0 Å². The molecule has 122 valence electrons. The fourth-order valence-electron chi connectivity index (χ4n) is 3.32. The van der Waals surface area contributed by atoms with E-state index in [4.69, 9.17) is 4.74 Å². The number of ether oxygens (including phenoxy) is 1. The van der Waals surface area contributed by atoms with Gasteiger partial charge in [-0.1, -0.05) is 24.3 Å². The molecule has 23 heavy (non-hydrogen) atoms. The van der Waals surface area contributed by atoms with Crippen molar-refractivity contribution in [3.8, 4) is 5.75 Å². The lowest BCUT2D eigenvalue weighted by Crippen LogP contribution is -2.23. The van der Waals surface area contributed by atoms with Crippen LogP contribution in [0.4, 0.5) is 5.82 Å². The van der Waals surface area contributed by atoms with E-state index in [-0.39, 0.29) is 0 Å². The van der Waals surface area contributed by atoms with E-state index >= 15 is 0 Å². The number of benzene rings is 1. The Morgan fingerprint density at radius 2 is 2.04 bits per heavy atom. The van der Waals surface area contributed by atoms with E-state index in [0.717, 1.165) is 24.7 Å². The van der Waals surface area contributed by atoms with Crippen LogP contribution < -0.4 is 9.64 Å². The van der Waals surface area contributed by atoms with Gasteiger partial charge in [0.05, 0.1) is 7.11 Å². The van der Waals surface area contributed by atoms with Crippen LogP contribution in [-0.4, -0.2) is 37.6 Å². The highest BCUT2D eigenvalue weighted by Crippen LogP contribution is 2.37. The number of methoxy groups -OCH3 is 1. The minimum atomic E-state index is 0.430. The Kier molecular flexibility index (Phi) is 4.82. The van der Waals surface area contributed by atoms with Gasteiger partial charge < -0.3 is 9.64 Å². The predicted molar refractivity (Wildman–Crippen MR) is 93.9 cm³/mol. The van der Waals surface area contributed by atoms with E-state index in [2.05, 4.69) is 40.2 Å². The standard InChI is InChI=1S/C19H25N3O/c1-21(2)19-11-10-15(13-20-19)14-22-12-6-8-17(22)16-7-4-5-9-18(16)23-3/h4-5,7,9-11,13,17H,6,8,12,14H2,1-3H3. The van der Waals surface area contributed by atoms with Gasteiger partial charge in [0, 0.05) is 38.4 Å². The molecule has 1 aliphatic rings. The van der Waals surface area contributed by atoms with Crippen molar-refractivity contribution in [1.82, 2.24) is 9.88 Å². The first-order valence-corrected chi connectivity index (χ1v) is 8.18. The summed E-state index contributed by atoms with van der Waals surface area (Å²) in [5.41, 5.74) is 2.56. The molecule has 1 saturated heterocycles. The molecule has 0 spiro atoms. The number of hydrogen-bond acceptors (Lipinski definition) is 4. The van der Waals surface area contributed by atoms with Crippen molar-refractivity contribution in [3.05, 3.63) is 53.7 Å². The minimum Gasteiger partial charge on any atom is -0.496 e. The van der Waals surface area contributed by atoms with E-state index < -0.39 is 0 Å². The molecule has 0 saturated carbocycles. The van der Waals surface area contributed by atoms with Gasteiger partial charge in [-0.15, -0.1) is 0 Å². The van der Waals surface area contributed by atoms with Crippen LogP contribution in [0.2, 0.25) is 0 Å². The zero-order chi connectivity index (χ0) is 16.2. The SMILES string of the molecule is COc1ccccc1C1CCCN1Cc1ccc(N(C)C)nc1. The molecule has 0 bridgehead atoms. The summed E-state index contributed by atoms with van der Waals surface area (Å²) >= 11 is 0. The van der Waals surface area contributed by atoms with Crippen LogP contribution in [0.15, 0.2) is 42.6 Å². The monoisotopic (exact) mass is 311 g/mol. The van der Waals surface area contributed by atoms with Crippen molar-refractivity contribution in [2.24, 2.45) is 0 Å². The summed E-state index contributed by atoms with van der Waals surface area (Å²) in [6.07, 6.45) is 4.41. The van der Waals surface area contributed by atoms with E-state index in [1.165, 1.54) is 24.0 Å². The minimum absolute atomic E-state index is 0.430. The van der Waals surface area contributed by atoms with Crippen LogP contribution in [0.1, 0.15) is 30.0 Å². The Hall–Kier alpha value is -2.07. The van der Waals surface area contributed by atoms with Crippen molar-refractivity contribution < 1.29 is 4.74 Å². The lowest BCUT2D eigenvalue weighted by atomic mass is 10.0. The second-order valence-corrected chi connectivity index (χ2v) is 6.29. The summed E-state index contributed by atoms with van der Waals surface area (Å²) in [5.74, 6) is 1.99. The first-order chi connectivity index (χ1) is 11.2. The molecular weight excluding hydrogens is 286 g/mol. The van der Waals surface area contributed by atoms with Crippen molar-refractivity contribution in [1.29, 1.82) is 0 Å². The molecule has 1 aliphatic heterocycles. The molecule has 3 rings (SSSR count). The van der Waals surface area contributed by atoms with Gasteiger partial charge in [0.25, 0.3) is 0 Å². The largest absolute Gasteiger partial charge is 0.496 e. The Morgan fingerprint density at radius 3 is 2.74 bits per heavy atom. The van der Waals surface area contributed by atoms with Gasteiger partial charge >= 0.3 is 0 Å². The number of aromatic nitrogens is 1. The highest BCUT2D eigenvalue weighted by molar-refractivity contribution is 5.38. The molecule has 1 fully saturated rings. The highest BCUT2D eigenvalue weighted by atomic mass is 16.5. The average Bonchev–Trinajstić information content (AvgIpc) is 3.03. The Morgan fingerprint density at radius 1 is 1.22 bits per heavy atom. The molecule has 4 nitrogen and oxygen atoms in total. The first kappa shape index (κ1) is 15.8. The molecule has 4 heteroatoms. The quantitative estimate of drug-likeness (QED) is 0.845. The molecule has 1 aromatic carbocycles. The Labute approximate surface area is 138 Å². The summed E-state index contributed by atoms with van der Waals surface area (Å²) in [6.45, 7) is 2.06. The fraction of sp³-hybridized carbons (Fsp3) is 0.421. The highest BCUT2D eigenvalue weighted by Gasteiger charge is 2.28. The molecule has 0 aliphatic carbocycles. The summed E-state index contributed by atoms with van der Waals surface area (Å²) in [4.78, 5) is 9.08. The van der Waals surface area contributed by atoms with E-state index in [9.17, 15) is 0 Å². The van der Waals surface area contributed by atoms with Crippen LogP contribution in [0.25, 0.3) is 0 Å². The fourth-order valence-corrected chi connectivity index (χ4v) is 3.32. The topological polar surface area (TPSA) is 28.6 Å². The van der Waals surface area contributed by atoms with Crippen LogP contribution >= 0.6 is 0 Å². The number of likely N-dealkylation sites (tertiary alicyclic amines) is 1. The summed E-state index contributed by atoms with van der Waals surface area (Å²) in [5, 5.41) is 0. The summed E-state index contributed by atoms with van der Waals surface area (Å²) < 4.78 is 5.55. The molecule has 1 unspecified atom stereocenters. The zero-order valence-corrected chi connectivity index (χ0v) is 14.2. The molecule has 1 atom stereocenters. The maximum absolute atomic E-state index is 5.55. The van der Waals surface area contributed by atoms with Crippen molar-refractivity contribution in [2.75, 3.05) is 32.6 Å². The first-order valence-electron chi connectivity index (χ1n) is 8.18. The van der Waals surface area contributed by atoms with Gasteiger partial charge in [-0.2, -0.15) is 0 Å². The lowest BCUT2D eigenvalue weighted by Gasteiger charge is -2.26. The predicted octanol–water partition coefficient (Wildman–Crippen LogP) is 3.49. The van der Waals surface area contributed by atoms with Crippen LogP contribution in [-0.2, 0) is 6.54 Å². The molecule has 1 aromatic heterocycles.